The molecule has 3 atom stereocenters. The molecule has 0 aromatic carbocycles. The maximum atomic E-state index is 12.3. The molecule has 0 bridgehead atoms. The Balaban J connectivity index is 2.47. The van der Waals surface area contributed by atoms with Crippen LogP contribution < -0.4 is 5.32 Å². The Kier molecular flexibility index (Phi) is 6.84. The van der Waals surface area contributed by atoms with Crippen molar-refractivity contribution >= 4 is 22.7 Å². The van der Waals surface area contributed by atoms with E-state index in [0.717, 1.165) is 25.7 Å². The molecule has 21 heavy (non-hydrogen) atoms. The molecule has 1 aliphatic rings. The lowest BCUT2D eigenvalue weighted by molar-refractivity contribution is -0.141. The number of rotatable bonds is 9. The van der Waals surface area contributed by atoms with Crippen LogP contribution in [0.4, 0.5) is 0 Å². The van der Waals surface area contributed by atoms with Crippen molar-refractivity contribution in [1.29, 1.82) is 0 Å². The third kappa shape index (κ3) is 5.77. The number of hydrogen-bond donors (Lipinski definition) is 1. The molecular weight excluding hydrogens is 290 g/mol. The van der Waals surface area contributed by atoms with Crippen LogP contribution >= 0.6 is 0 Å². The van der Waals surface area contributed by atoms with E-state index in [2.05, 4.69) is 17.0 Å². The first-order chi connectivity index (χ1) is 9.83. The summed E-state index contributed by atoms with van der Waals surface area (Å²) in [5, 5.41) is 2.35. The van der Waals surface area contributed by atoms with Crippen LogP contribution in [-0.2, 0) is 25.1 Å². The number of ether oxygens (including phenoxy) is 1. The first kappa shape index (κ1) is 18.1. The predicted molar refractivity (Wildman–Crippen MR) is 83.3 cm³/mol. The summed E-state index contributed by atoms with van der Waals surface area (Å²) in [7, 11) is 0.101. The second-order valence-electron chi connectivity index (χ2n) is 6.12. The van der Waals surface area contributed by atoms with Crippen molar-refractivity contribution in [2.45, 2.75) is 64.2 Å². The highest BCUT2D eigenvalue weighted by molar-refractivity contribution is 7.86. The van der Waals surface area contributed by atoms with Crippen LogP contribution in [-0.4, -0.2) is 40.2 Å². The Morgan fingerprint density at radius 3 is 2.43 bits per heavy atom. The summed E-state index contributed by atoms with van der Waals surface area (Å²) in [5.41, 5.74) is -0.207. The molecule has 0 aromatic heterocycles. The fourth-order valence-corrected chi connectivity index (χ4v) is 3.89. The van der Waals surface area contributed by atoms with Gasteiger partial charge in [0.1, 0.15) is 5.25 Å². The second kappa shape index (κ2) is 7.92. The second-order valence-corrected chi connectivity index (χ2v) is 7.88. The lowest BCUT2D eigenvalue weighted by Crippen LogP contribution is -2.41. The first-order valence-corrected chi connectivity index (χ1v) is 8.96. The van der Waals surface area contributed by atoms with E-state index in [0.29, 0.717) is 12.2 Å². The zero-order chi connectivity index (χ0) is 16.0. The van der Waals surface area contributed by atoms with Gasteiger partial charge in [0.2, 0.25) is 5.91 Å². The Morgan fingerprint density at radius 2 is 1.95 bits per heavy atom. The summed E-state index contributed by atoms with van der Waals surface area (Å²) in [6, 6.07) is 0.104. The summed E-state index contributed by atoms with van der Waals surface area (Å²) in [6.45, 7) is 5.71. The fourth-order valence-electron chi connectivity index (χ4n) is 2.34. The Labute approximate surface area is 129 Å². The van der Waals surface area contributed by atoms with Crippen LogP contribution in [0.2, 0.25) is 0 Å². The largest absolute Gasteiger partial charge is 0.469 e. The highest BCUT2D eigenvalue weighted by atomic mass is 32.2. The molecule has 0 spiro atoms. The molecule has 5 nitrogen and oxygen atoms in total. The van der Waals surface area contributed by atoms with E-state index in [1.807, 2.05) is 6.92 Å². The predicted octanol–water partition coefficient (Wildman–Crippen LogP) is 1.77. The van der Waals surface area contributed by atoms with Crippen molar-refractivity contribution in [3.8, 4) is 0 Å². The van der Waals surface area contributed by atoms with E-state index in [4.69, 9.17) is 0 Å². The van der Waals surface area contributed by atoms with Gasteiger partial charge in [-0.25, -0.2) is 0 Å². The van der Waals surface area contributed by atoms with Gasteiger partial charge in [0.15, 0.2) is 0 Å². The average molecular weight is 317 g/mol. The summed E-state index contributed by atoms with van der Waals surface area (Å²) in [4.78, 5) is 23.4. The van der Waals surface area contributed by atoms with Gasteiger partial charge in [-0.1, -0.05) is 13.3 Å². The third-order valence-electron chi connectivity index (χ3n) is 4.03. The SMILES string of the molecule is CCCC(C)NC(=O)C(C)S(=O)CC1(CC(=O)OC)CC1. The van der Waals surface area contributed by atoms with Crippen LogP contribution in [0, 0.1) is 5.41 Å². The molecule has 0 saturated heterocycles. The normalized spacial score (nSPS) is 20.2. The summed E-state index contributed by atoms with van der Waals surface area (Å²) in [6.07, 6.45) is 3.98. The first-order valence-electron chi connectivity index (χ1n) is 7.58. The molecule has 1 saturated carbocycles. The lowest BCUT2D eigenvalue weighted by atomic mass is 10.1. The highest BCUT2D eigenvalue weighted by Crippen LogP contribution is 2.49. The maximum absolute atomic E-state index is 12.3. The van der Waals surface area contributed by atoms with Crippen LogP contribution in [0.5, 0.6) is 0 Å². The molecule has 3 unspecified atom stereocenters. The van der Waals surface area contributed by atoms with Crippen molar-refractivity contribution < 1.29 is 18.5 Å². The van der Waals surface area contributed by atoms with Gasteiger partial charge in [-0.15, -0.1) is 0 Å². The maximum Gasteiger partial charge on any atom is 0.306 e. The fraction of sp³-hybridized carbons (Fsp3) is 0.867. The average Bonchev–Trinajstić information content (AvgIpc) is 3.16. The van der Waals surface area contributed by atoms with Crippen molar-refractivity contribution in [1.82, 2.24) is 5.32 Å². The molecule has 1 fully saturated rings. The van der Waals surface area contributed by atoms with Gasteiger partial charge in [-0.3, -0.25) is 13.8 Å². The van der Waals surface area contributed by atoms with E-state index >= 15 is 0 Å². The molecule has 1 aliphatic carbocycles. The van der Waals surface area contributed by atoms with Crippen molar-refractivity contribution in [2.75, 3.05) is 12.9 Å². The molecule has 0 aromatic rings. The molecule has 1 amide bonds. The molecule has 122 valence electrons. The summed E-state index contributed by atoms with van der Waals surface area (Å²) in [5.74, 6) is -0.0277. The quantitative estimate of drug-likeness (QED) is 0.658. The Bertz CT molecular complexity index is 406. The lowest BCUT2D eigenvalue weighted by Gasteiger charge is -2.19. The molecular formula is C15H27NO4S. The zero-order valence-electron chi connectivity index (χ0n) is 13.4. The Morgan fingerprint density at radius 1 is 1.33 bits per heavy atom. The van der Waals surface area contributed by atoms with Gasteiger partial charge in [0.25, 0.3) is 0 Å². The van der Waals surface area contributed by atoms with Crippen LogP contribution in [0.15, 0.2) is 0 Å². The minimum Gasteiger partial charge on any atom is -0.469 e. The number of carbonyl (C=O) groups excluding carboxylic acids is 2. The molecule has 1 rings (SSSR count). The van der Waals surface area contributed by atoms with E-state index in [1.165, 1.54) is 7.11 Å². The molecule has 1 N–H and O–H groups in total. The monoisotopic (exact) mass is 317 g/mol. The number of carbonyl (C=O) groups is 2. The minimum absolute atomic E-state index is 0.104. The van der Waals surface area contributed by atoms with Crippen molar-refractivity contribution in [3.05, 3.63) is 0 Å². The third-order valence-corrected chi connectivity index (χ3v) is 5.93. The number of nitrogens with one attached hydrogen (secondary N) is 1. The number of amides is 1. The van der Waals surface area contributed by atoms with Gasteiger partial charge >= 0.3 is 5.97 Å². The smallest absolute Gasteiger partial charge is 0.306 e. The standard InChI is InChI=1S/C15H27NO4S/c1-5-6-11(2)16-14(18)12(3)21(19)10-15(7-8-15)9-13(17)20-4/h11-12H,5-10H2,1-4H3,(H,16,18). The summed E-state index contributed by atoms with van der Waals surface area (Å²) >= 11 is 0. The molecule has 0 heterocycles. The zero-order valence-corrected chi connectivity index (χ0v) is 14.3. The van der Waals surface area contributed by atoms with Crippen LogP contribution in [0.25, 0.3) is 0 Å². The molecule has 0 radical (unpaired) electrons. The molecule has 0 aliphatic heterocycles. The van der Waals surface area contributed by atoms with Gasteiger partial charge in [-0.05, 0) is 38.5 Å². The minimum atomic E-state index is -1.26. The molecule has 6 heteroatoms. The number of esters is 1. The summed E-state index contributed by atoms with van der Waals surface area (Å²) < 4.78 is 17.0. The Hall–Kier alpha value is -0.910. The van der Waals surface area contributed by atoms with Crippen molar-refractivity contribution in [2.24, 2.45) is 5.41 Å². The van der Waals surface area contributed by atoms with Gasteiger partial charge in [0.05, 0.1) is 13.5 Å². The van der Waals surface area contributed by atoms with E-state index in [9.17, 15) is 13.8 Å². The van der Waals surface area contributed by atoms with Gasteiger partial charge in [0, 0.05) is 22.6 Å². The van der Waals surface area contributed by atoms with Crippen LogP contribution in [0.3, 0.4) is 0 Å². The van der Waals surface area contributed by atoms with Crippen LogP contribution in [0.1, 0.15) is 52.9 Å². The van der Waals surface area contributed by atoms with E-state index in [-0.39, 0.29) is 23.3 Å². The highest BCUT2D eigenvalue weighted by Gasteiger charge is 2.47. The van der Waals surface area contributed by atoms with E-state index in [1.54, 1.807) is 6.92 Å². The number of hydrogen-bond acceptors (Lipinski definition) is 4. The van der Waals surface area contributed by atoms with Gasteiger partial charge in [-0.2, -0.15) is 0 Å². The van der Waals surface area contributed by atoms with Crippen molar-refractivity contribution in [3.63, 3.8) is 0 Å². The van der Waals surface area contributed by atoms with Gasteiger partial charge < -0.3 is 10.1 Å². The number of methoxy groups -OCH3 is 1. The topological polar surface area (TPSA) is 72.5 Å². The van der Waals surface area contributed by atoms with E-state index < -0.39 is 16.0 Å².